The maximum atomic E-state index is 12.0. The van der Waals surface area contributed by atoms with Gasteiger partial charge in [-0.2, -0.15) is 0 Å². The molecule has 7 nitrogen and oxygen atoms in total. The first kappa shape index (κ1) is 20.8. The third kappa shape index (κ3) is 6.58. The van der Waals surface area contributed by atoms with Crippen LogP contribution < -0.4 is 15.8 Å². The van der Waals surface area contributed by atoms with Crippen LogP contribution in [-0.4, -0.2) is 61.4 Å². The third-order valence-corrected chi connectivity index (χ3v) is 5.00. The van der Waals surface area contributed by atoms with E-state index in [1.807, 2.05) is 12.1 Å². The Kier molecular flexibility index (Phi) is 7.21. The van der Waals surface area contributed by atoms with Crippen molar-refractivity contribution >= 4 is 11.8 Å². The number of primary amides is 1. The summed E-state index contributed by atoms with van der Waals surface area (Å²) in [6.07, 6.45) is 0. The Hall–Kier alpha value is -2.90. The number of ether oxygens (including phenoxy) is 1. The van der Waals surface area contributed by atoms with Gasteiger partial charge in [-0.25, -0.2) is 0 Å². The minimum Gasteiger partial charge on any atom is -0.484 e. The summed E-state index contributed by atoms with van der Waals surface area (Å²) in [5.41, 5.74) is 7.91. The first-order valence-corrected chi connectivity index (χ1v) is 9.78. The van der Waals surface area contributed by atoms with E-state index in [0.717, 1.165) is 38.3 Å². The largest absolute Gasteiger partial charge is 0.484 e. The van der Waals surface area contributed by atoms with Gasteiger partial charge < -0.3 is 20.7 Å². The van der Waals surface area contributed by atoms with Crippen molar-refractivity contribution in [3.8, 4) is 5.75 Å². The van der Waals surface area contributed by atoms with E-state index in [4.69, 9.17) is 10.5 Å². The molecule has 29 heavy (non-hydrogen) atoms. The van der Waals surface area contributed by atoms with Crippen LogP contribution >= 0.6 is 0 Å². The molecule has 0 unspecified atom stereocenters. The number of nitrogens with one attached hydrogen (secondary N) is 1. The van der Waals surface area contributed by atoms with Crippen LogP contribution in [0.3, 0.4) is 0 Å². The van der Waals surface area contributed by atoms with E-state index in [2.05, 4.69) is 34.3 Å². The second kappa shape index (κ2) is 10.0. The Morgan fingerprint density at radius 2 is 1.72 bits per heavy atom. The van der Waals surface area contributed by atoms with Crippen LogP contribution in [0.4, 0.5) is 0 Å². The van der Waals surface area contributed by atoms with Crippen molar-refractivity contribution in [2.24, 2.45) is 5.73 Å². The lowest BCUT2D eigenvalue weighted by Gasteiger charge is -2.32. The molecule has 2 aromatic carbocycles. The molecule has 1 saturated heterocycles. The summed E-state index contributed by atoms with van der Waals surface area (Å²) in [6.45, 7) is 5.69. The summed E-state index contributed by atoms with van der Waals surface area (Å²) in [6, 6.07) is 14.8. The molecule has 3 N–H and O–H groups in total. The zero-order chi connectivity index (χ0) is 20.6. The summed E-state index contributed by atoms with van der Waals surface area (Å²) in [5.74, 6) is -0.323. The van der Waals surface area contributed by atoms with Crippen molar-refractivity contribution in [2.75, 3.05) is 39.8 Å². The van der Waals surface area contributed by atoms with Gasteiger partial charge in [-0.3, -0.25) is 14.5 Å². The maximum Gasteiger partial charge on any atom is 0.258 e. The second-order valence-electron chi connectivity index (χ2n) is 7.35. The first-order chi connectivity index (χ1) is 14.0. The Labute approximate surface area is 171 Å². The van der Waals surface area contributed by atoms with Crippen molar-refractivity contribution in [3.63, 3.8) is 0 Å². The van der Waals surface area contributed by atoms with Gasteiger partial charge in [0.15, 0.2) is 6.61 Å². The van der Waals surface area contributed by atoms with Crippen LogP contribution in [0.25, 0.3) is 0 Å². The number of carbonyl (C=O) groups is 2. The van der Waals surface area contributed by atoms with Gasteiger partial charge in [0.1, 0.15) is 5.75 Å². The standard InChI is InChI=1S/C22H28N4O3/c1-25-9-11-26(12-10-25)15-18-7-5-17(6-8-18)14-24-21(27)16-29-20-4-2-3-19(13-20)22(23)28/h2-8,13H,9-12,14-16H2,1H3,(H2,23,28)(H,24,27). The van der Waals surface area contributed by atoms with Gasteiger partial charge in [0.05, 0.1) is 0 Å². The molecule has 2 aromatic rings. The van der Waals surface area contributed by atoms with E-state index in [-0.39, 0.29) is 12.5 Å². The highest BCUT2D eigenvalue weighted by Crippen LogP contribution is 2.13. The molecule has 154 valence electrons. The highest BCUT2D eigenvalue weighted by atomic mass is 16.5. The highest BCUT2D eigenvalue weighted by Gasteiger charge is 2.13. The Morgan fingerprint density at radius 3 is 2.41 bits per heavy atom. The first-order valence-electron chi connectivity index (χ1n) is 9.78. The molecule has 0 aliphatic carbocycles. The number of hydrogen-bond acceptors (Lipinski definition) is 5. The number of amides is 2. The molecule has 1 heterocycles. The highest BCUT2D eigenvalue weighted by molar-refractivity contribution is 5.93. The normalized spacial score (nSPS) is 15.1. The zero-order valence-electron chi connectivity index (χ0n) is 16.8. The Morgan fingerprint density at radius 1 is 1.03 bits per heavy atom. The van der Waals surface area contributed by atoms with Gasteiger partial charge in [0.2, 0.25) is 5.91 Å². The summed E-state index contributed by atoms with van der Waals surface area (Å²) < 4.78 is 5.43. The van der Waals surface area contributed by atoms with Gasteiger partial charge in [-0.1, -0.05) is 30.3 Å². The SMILES string of the molecule is CN1CCN(Cc2ccc(CNC(=O)COc3cccc(C(N)=O)c3)cc2)CC1. The van der Waals surface area contributed by atoms with Crippen LogP contribution in [0.2, 0.25) is 0 Å². The van der Waals surface area contributed by atoms with Crippen LogP contribution in [0.5, 0.6) is 5.75 Å². The maximum absolute atomic E-state index is 12.0. The summed E-state index contributed by atoms with van der Waals surface area (Å²) in [7, 11) is 2.16. The Balaban J connectivity index is 1.41. The van der Waals surface area contributed by atoms with E-state index in [9.17, 15) is 9.59 Å². The minimum atomic E-state index is -0.532. The lowest BCUT2D eigenvalue weighted by atomic mass is 10.1. The topological polar surface area (TPSA) is 87.9 Å². The predicted molar refractivity (Wildman–Crippen MR) is 112 cm³/mol. The molecule has 0 radical (unpaired) electrons. The van der Waals surface area contributed by atoms with Gasteiger partial charge in [0.25, 0.3) is 5.91 Å². The van der Waals surface area contributed by atoms with E-state index in [0.29, 0.717) is 17.9 Å². The minimum absolute atomic E-state index is 0.121. The third-order valence-electron chi connectivity index (χ3n) is 5.00. The second-order valence-corrected chi connectivity index (χ2v) is 7.35. The van der Waals surface area contributed by atoms with Gasteiger partial charge in [-0.15, -0.1) is 0 Å². The van der Waals surface area contributed by atoms with E-state index < -0.39 is 5.91 Å². The smallest absolute Gasteiger partial charge is 0.258 e. The molecule has 3 rings (SSSR count). The predicted octanol–water partition coefficient (Wildman–Crippen LogP) is 1.23. The van der Waals surface area contributed by atoms with E-state index in [1.54, 1.807) is 18.2 Å². The summed E-state index contributed by atoms with van der Waals surface area (Å²) in [5, 5.41) is 2.84. The molecule has 0 aromatic heterocycles. The monoisotopic (exact) mass is 396 g/mol. The molecular weight excluding hydrogens is 368 g/mol. The fourth-order valence-corrected chi connectivity index (χ4v) is 3.17. The van der Waals surface area contributed by atoms with Crippen LogP contribution in [0.15, 0.2) is 48.5 Å². The number of nitrogens with zero attached hydrogens (tertiary/aromatic N) is 2. The number of benzene rings is 2. The number of nitrogens with two attached hydrogens (primary N) is 1. The van der Waals surface area contributed by atoms with E-state index >= 15 is 0 Å². The number of rotatable bonds is 8. The molecule has 1 aliphatic heterocycles. The fourth-order valence-electron chi connectivity index (χ4n) is 3.17. The van der Waals surface area contributed by atoms with Gasteiger partial charge >= 0.3 is 0 Å². The Bertz CT molecular complexity index is 830. The van der Waals surface area contributed by atoms with Crippen LogP contribution in [0, 0.1) is 0 Å². The molecule has 0 spiro atoms. The molecular formula is C22H28N4O3. The average molecular weight is 396 g/mol. The van der Waals surface area contributed by atoms with Crippen molar-refractivity contribution in [1.82, 2.24) is 15.1 Å². The van der Waals surface area contributed by atoms with Crippen molar-refractivity contribution in [3.05, 3.63) is 65.2 Å². The lowest BCUT2D eigenvalue weighted by molar-refractivity contribution is -0.123. The van der Waals surface area contributed by atoms with Crippen molar-refractivity contribution in [2.45, 2.75) is 13.1 Å². The van der Waals surface area contributed by atoms with E-state index in [1.165, 1.54) is 11.6 Å². The van der Waals surface area contributed by atoms with Crippen LogP contribution in [0.1, 0.15) is 21.5 Å². The molecule has 7 heteroatoms. The fraction of sp³-hybridized carbons (Fsp3) is 0.364. The van der Waals surface area contributed by atoms with Gasteiger partial charge in [0, 0.05) is 44.8 Å². The molecule has 0 saturated carbocycles. The molecule has 0 atom stereocenters. The zero-order valence-corrected chi connectivity index (χ0v) is 16.8. The molecule has 1 fully saturated rings. The van der Waals surface area contributed by atoms with Crippen LogP contribution in [-0.2, 0) is 17.9 Å². The van der Waals surface area contributed by atoms with Crippen molar-refractivity contribution < 1.29 is 14.3 Å². The van der Waals surface area contributed by atoms with Gasteiger partial charge in [-0.05, 0) is 36.4 Å². The number of piperazine rings is 1. The lowest BCUT2D eigenvalue weighted by Crippen LogP contribution is -2.43. The molecule has 0 bridgehead atoms. The molecule has 1 aliphatic rings. The quantitative estimate of drug-likeness (QED) is 0.701. The number of carbonyl (C=O) groups excluding carboxylic acids is 2. The summed E-state index contributed by atoms with van der Waals surface area (Å²) in [4.78, 5) is 28.0. The molecule has 2 amide bonds. The average Bonchev–Trinajstić information content (AvgIpc) is 2.73. The summed E-state index contributed by atoms with van der Waals surface area (Å²) >= 11 is 0. The number of hydrogen-bond donors (Lipinski definition) is 2. The van der Waals surface area contributed by atoms with Crippen molar-refractivity contribution in [1.29, 1.82) is 0 Å². The number of likely N-dealkylation sites (N-methyl/N-ethyl adjacent to an activating group) is 1.